The van der Waals surface area contributed by atoms with E-state index in [1.165, 1.54) is 4.31 Å². The number of hydrogen-bond donors (Lipinski definition) is 1. The number of pyridine rings is 1. The van der Waals surface area contributed by atoms with Crippen LogP contribution in [0.15, 0.2) is 35.1 Å². The number of aromatic nitrogens is 1. The Morgan fingerprint density at radius 1 is 1.13 bits per heavy atom. The summed E-state index contributed by atoms with van der Waals surface area (Å²) >= 11 is 0. The zero-order chi connectivity index (χ0) is 16.6. The number of benzene rings is 1. The Balaban J connectivity index is 1.81. The van der Waals surface area contributed by atoms with E-state index in [0.29, 0.717) is 32.7 Å². The lowest BCUT2D eigenvalue weighted by Crippen LogP contribution is -2.50. The first-order valence-corrected chi connectivity index (χ1v) is 8.94. The Morgan fingerprint density at radius 3 is 2.43 bits per heavy atom. The van der Waals surface area contributed by atoms with Crippen molar-refractivity contribution in [3.63, 3.8) is 0 Å². The van der Waals surface area contributed by atoms with Gasteiger partial charge in [0.15, 0.2) is 0 Å². The van der Waals surface area contributed by atoms with Crippen molar-refractivity contribution in [3.05, 3.63) is 46.2 Å². The van der Waals surface area contributed by atoms with Crippen LogP contribution in [0.3, 0.4) is 0 Å². The minimum absolute atomic E-state index is 0.0161. The average Bonchev–Trinajstić information content (AvgIpc) is 2.52. The molecule has 0 bridgehead atoms. The van der Waals surface area contributed by atoms with E-state index in [2.05, 4.69) is 4.90 Å². The molecule has 1 aromatic carbocycles. The lowest BCUT2D eigenvalue weighted by Gasteiger charge is -2.32. The molecule has 7 nitrogen and oxygen atoms in total. The summed E-state index contributed by atoms with van der Waals surface area (Å²) in [5.41, 5.74) is 1.60. The summed E-state index contributed by atoms with van der Waals surface area (Å²) in [5.74, 6) is 0. The molecule has 2 aromatic rings. The van der Waals surface area contributed by atoms with Gasteiger partial charge in [-0.2, -0.15) is 12.7 Å². The van der Waals surface area contributed by atoms with Gasteiger partial charge in [0, 0.05) is 45.3 Å². The van der Waals surface area contributed by atoms with Crippen LogP contribution in [0.25, 0.3) is 10.9 Å². The van der Waals surface area contributed by atoms with Crippen molar-refractivity contribution in [2.45, 2.75) is 6.54 Å². The first kappa shape index (κ1) is 16.1. The van der Waals surface area contributed by atoms with Gasteiger partial charge < -0.3 is 4.57 Å². The van der Waals surface area contributed by atoms with Crippen LogP contribution in [-0.4, -0.2) is 48.4 Å². The van der Waals surface area contributed by atoms with Gasteiger partial charge in [-0.15, -0.1) is 0 Å². The second-order valence-electron chi connectivity index (χ2n) is 5.81. The van der Waals surface area contributed by atoms with Crippen molar-refractivity contribution in [1.82, 2.24) is 13.8 Å². The Morgan fingerprint density at radius 2 is 1.78 bits per heavy atom. The van der Waals surface area contributed by atoms with E-state index in [4.69, 9.17) is 5.14 Å². The quantitative estimate of drug-likeness (QED) is 0.845. The van der Waals surface area contributed by atoms with Crippen molar-refractivity contribution < 1.29 is 8.42 Å². The lowest BCUT2D eigenvalue weighted by molar-refractivity contribution is 0.181. The molecule has 1 aromatic heterocycles. The maximum atomic E-state index is 12.5. The van der Waals surface area contributed by atoms with Gasteiger partial charge in [0.25, 0.3) is 15.8 Å². The van der Waals surface area contributed by atoms with Gasteiger partial charge in [-0.3, -0.25) is 9.69 Å². The maximum absolute atomic E-state index is 12.5. The predicted molar refractivity (Wildman–Crippen MR) is 89.1 cm³/mol. The van der Waals surface area contributed by atoms with Crippen LogP contribution in [-0.2, 0) is 23.8 Å². The van der Waals surface area contributed by atoms with Crippen LogP contribution in [0, 0.1) is 0 Å². The van der Waals surface area contributed by atoms with E-state index >= 15 is 0 Å². The fourth-order valence-corrected chi connectivity index (χ4v) is 3.66. The minimum atomic E-state index is -3.63. The number of hydrogen-bond acceptors (Lipinski definition) is 4. The van der Waals surface area contributed by atoms with Crippen LogP contribution >= 0.6 is 0 Å². The van der Waals surface area contributed by atoms with E-state index in [0.717, 1.165) is 16.5 Å². The molecule has 0 saturated carbocycles. The summed E-state index contributed by atoms with van der Waals surface area (Å²) < 4.78 is 25.6. The summed E-state index contributed by atoms with van der Waals surface area (Å²) in [4.78, 5) is 14.6. The fraction of sp³-hybridized carbons (Fsp3) is 0.400. The molecular formula is C15H20N4O3S. The second-order valence-corrected chi connectivity index (χ2v) is 7.36. The van der Waals surface area contributed by atoms with Crippen LogP contribution in [0.1, 0.15) is 5.56 Å². The highest BCUT2D eigenvalue weighted by molar-refractivity contribution is 7.86. The third kappa shape index (κ3) is 3.30. The van der Waals surface area contributed by atoms with E-state index in [1.807, 2.05) is 30.3 Å². The molecule has 1 aliphatic heterocycles. The monoisotopic (exact) mass is 336 g/mol. The molecule has 0 amide bonds. The molecule has 124 valence electrons. The molecular weight excluding hydrogens is 316 g/mol. The second kappa shape index (κ2) is 6.04. The smallest absolute Gasteiger partial charge is 0.276 e. The SMILES string of the molecule is Cn1c(=O)c(CN2CCN(S(N)(=O)=O)CC2)cc2ccccc21. The molecule has 0 unspecified atom stereocenters. The van der Waals surface area contributed by atoms with Crippen molar-refractivity contribution >= 4 is 21.1 Å². The Labute approximate surface area is 135 Å². The van der Waals surface area contributed by atoms with Crippen molar-refractivity contribution in [1.29, 1.82) is 0 Å². The third-order valence-corrected chi connectivity index (χ3v) is 5.38. The molecule has 0 radical (unpaired) electrons. The van der Waals surface area contributed by atoms with Gasteiger partial charge >= 0.3 is 0 Å². The molecule has 8 heteroatoms. The number of piperazine rings is 1. The Bertz CT molecular complexity index is 883. The Kier molecular flexibility index (Phi) is 4.24. The van der Waals surface area contributed by atoms with E-state index < -0.39 is 10.2 Å². The summed E-state index contributed by atoms with van der Waals surface area (Å²) in [6.45, 7) is 2.34. The molecule has 2 N–H and O–H groups in total. The first-order chi connectivity index (χ1) is 10.9. The first-order valence-electron chi connectivity index (χ1n) is 7.44. The topological polar surface area (TPSA) is 88.6 Å². The highest BCUT2D eigenvalue weighted by atomic mass is 32.2. The highest BCUT2D eigenvalue weighted by Gasteiger charge is 2.24. The third-order valence-electron chi connectivity index (χ3n) is 4.29. The van der Waals surface area contributed by atoms with Crippen LogP contribution in [0.4, 0.5) is 0 Å². The van der Waals surface area contributed by atoms with Crippen LogP contribution < -0.4 is 10.7 Å². The lowest BCUT2D eigenvalue weighted by atomic mass is 10.1. The number of aryl methyl sites for hydroxylation is 1. The molecule has 23 heavy (non-hydrogen) atoms. The van der Waals surface area contributed by atoms with Gasteiger partial charge in [-0.25, -0.2) is 5.14 Å². The van der Waals surface area contributed by atoms with Gasteiger partial charge in [-0.05, 0) is 17.5 Å². The molecule has 0 spiro atoms. The number of fused-ring (bicyclic) bond motifs is 1. The van der Waals surface area contributed by atoms with E-state index in [-0.39, 0.29) is 5.56 Å². The van der Waals surface area contributed by atoms with Crippen LogP contribution in [0.2, 0.25) is 0 Å². The number of para-hydroxylation sites is 1. The normalized spacial score (nSPS) is 17.7. The summed E-state index contributed by atoms with van der Waals surface area (Å²) in [6.07, 6.45) is 0. The summed E-state index contributed by atoms with van der Waals surface area (Å²) in [6, 6.07) is 9.68. The molecule has 1 saturated heterocycles. The zero-order valence-corrected chi connectivity index (χ0v) is 13.8. The molecule has 0 atom stereocenters. The summed E-state index contributed by atoms with van der Waals surface area (Å²) in [5, 5.41) is 6.16. The highest BCUT2D eigenvalue weighted by Crippen LogP contribution is 2.14. The molecule has 0 aliphatic carbocycles. The molecule has 2 heterocycles. The Hall–Kier alpha value is -1.74. The van der Waals surface area contributed by atoms with Crippen LogP contribution in [0.5, 0.6) is 0 Å². The molecule has 1 fully saturated rings. The predicted octanol–water partition coefficient (Wildman–Crippen LogP) is -0.140. The number of nitrogens with zero attached hydrogens (tertiary/aromatic N) is 3. The van der Waals surface area contributed by atoms with E-state index in [1.54, 1.807) is 11.6 Å². The van der Waals surface area contributed by atoms with Gasteiger partial charge in [0.05, 0.1) is 5.52 Å². The largest absolute Gasteiger partial charge is 0.311 e. The van der Waals surface area contributed by atoms with Gasteiger partial charge in [-0.1, -0.05) is 18.2 Å². The van der Waals surface area contributed by atoms with Crippen molar-refractivity contribution in [2.24, 2.45) is 12.2 Å². The summed E-state index contributed by atoms with van der Waals surface area (Å²) in [7, 11) is -1.85. The number of nitrogens with two attached hydrogens (primary N) is 1. The average molecular weight is 336 g/mol. The van der Waals surface area contributed by atoms with Gasteiger partial charge in [0.1, 0.15) is 0 Å². The molecule has 3 rings (SSSR count). The van der Waals surface area contributed by atoms with Crippen molar-refractivity contribution in [3.8, 4) is 0 Å². The van der Waals surface area contributed by atoms with E-state index in [9.17, 15) is 13.2 Å². The standard InChI is InChI=1S/C15H20N4O3S/c1-17-14-5-3-2-4-12(14)10-13(15(17)20)11-18-6-8-19(9-7-18)23(16,21)22/h2-5,10H,6-9,11H2,1H3,(H2,16,21,22). The molecule has 1 aliphatic rings. The number of rotatable bonds is 3. The fourth-order valence-electron chi connectivity index (χ4n) is 2.99. The van der Waals surface area contributed by atoms with Crippen molar-refractivity contribution in [2.75, 3.05) is 26.2 Å². The zero-order valence-electron chi connectivity index (χ0n) is 13.0. The minimum Gasteiger partial charge on any atom is -0.311 e. The maximum Gasteiger partial charge on any atom is 0.276 e. The van der Waals surface area contributed by atoms with Gasteiger partial charge in [0.2, 0.25) is 0 Å².